The van der Waals surface area contributed by atoms with Gasteiger partial charge in [-0.15, -0.1) is 0 Å². The smallest absolute Gasteiger partial charge is 0.343 e. The predicted molar refractivity (Wildman–Crippen MR) is 250 cm³/mol. The minimum absolute atomic E-state index is 0.0641. The molecule has 0 bridgehead atoms. The van der Waals surface area contributed by atoms with Crippen molar-refractivity contribution in [3.05, 3.63) is 162 Å². The summed E-state index contributed by atoms with van der Waals surface area (Å²) in [7, 11) is 0. The van der Waals surface area contributed by atoms with E-state index in [4.69, 9.17) is 28.4 Å². The Labute approximate surface area is 380 Å². The Kier molecular flexibility index (Phi) is 17.3. The van der Waals surface area contributed by atoms with Gasteiger partial charge in [-0.05, 0) is 133 Å². The molecular formula is C54H54O11. The summed E-state index contributed by atoms with van der Waals surface area (Å²) in [5.41, 5.74) is 7.45. The molecule has 0 N–H and O–H groups in total. The number of benzene rings is 5. The van der Waals surface area contributed by atoms with Gasteiger partial charge in [-0.2, -0.15) is 0 Å². The molecule has 11 nitrogen and oxygen atoms in total. The number of carbonyl (C=O) groups excluding carboxylic acids is 5. The number of esters is 5. The zero-order chi connectivity index (χ0) is 47.0. The SMILES string of the molecule is C=C(C)C(=O)OCC(CCOc1ccc(-c2ccc(-c3ccc(/C=C/C(=O)Oc4ccc(OC(=O)c5ccc(OC(=O)C(C)C)cc5)cc4C)cc3)cc2)cc1CC)COC(=O)C(=C)C. The summed E-state index contributed by atoms with van der Waals surface area (Å²) in [4.78, 5) is 61.2. The van der Waals surface area contributed by atoms with E-state index in [0.29, 0.717) is 41.2 Å². The summed E-state index contributed by atoms with van der Waals surface area (Å²) in [6, 6.07) is 33.0. The molecule has 11 heteroatoms. The second kappa shape index (κ2) is 23.2. The first kappa shape index (κ1) is 48.5. The Hall–Kier alpha value is -7.53. The molecule has 5 aromatic carbocycles. The molecule has 0 unspecified atom stereocenters. The van der Waals surface area contributed by atoms with Crippen molar-refractivity contribution in [3.8, 4) is 45.3 Å². The highest BCUT2D eigenvalue weighted by Crippen LogP contribution is 2.30. The molecule has 0 saturated heterocycles. The Balaban J connectivity index is 1.12. The summed E-state index contributed by atoms with van der Waals surface area (Å²) in [6.07, 6.45) is 4.27. The van der Waals surface area contributed by atoms with Crippen molar-refractivity contribution in [2.75, 3.05) is 19.8 Å². The van der Waals surface area contributed by atoms with Gasteiger partial charge in [0.05, 0.1) is 31.3 Å². The van der Waals surface area contributed by atoms with Crippen LogP contribution in [0.5, 0.6) is 23.0 Å². The van der Waals surface area contributed by atoms with Gasteiger partial charge in [-0.3, -0.25) is 4.79 Å². The van der Waals surface area contributed by atoms with Crippen molar-refractivity contribution in [3.63, 3.8) is 0 Å². The number of aryl methyl sites for hydroxylation is 2. The van der Waals surface area contributed by atoms with Crippen molar-refractivity contribution >= 4 is 35.9 Å². The number of hydrogen-bond acceptors (Lipinski definition) is 11. The number of rotatable bonds is 20. The highest BCUT2D eigenvalue weighted by Gasteiger charge is 2.18. The standard InChI is InChI=1S/C54H54O11/c1-9-40-31-45(21-25-49(40)60-29-28-39(32-61-51(56)34(2)3)33-62-52(57)35(4)5)43-17-15-42(16-18-43)41-13-10-38(11-14-41)12-27-50(55)65-48-26-24-47(30-37(48)8)64-54(59)44-19-22-46(23-20-44)63-53(58)36(6)7/h10-27,30-31,36,39H,2,4,9,28-29,32-33H2,1,3,5-8H3/b27-12+. The van der Waals surface area contributed by atoms with Crippen LogP contribution in [0.4, 0.5) is 0 Å². The van der Waals surface area contributed by atoms with Gasteiger partial charge in [0, 0.05) is 23.1 Å². The molecule has 0 aromatic heterocycles. The topological polar surface area (TPSA) is 141 Å². The average molecular weight is 879 g/mol. The lowest BCUT2D eigenvalue weighted by atomic mass is 9.98. The third-order valence-corrected chi connectivity index (χ3v) is 10.0. The van der Waals surface area contributed by atoms with Crippen LogP contribution in [0.2, 0.25) is 0 Å². The Morgan fingerprint density at radius 3 is 1.72 bits per heavy atom. The highest BCUT2D eigenvalue weighted by atomic mass is 16.6. The second-order valence-electron chi connectivity index (χ2n) is 15.8. The number of hydrogen-bond donors (Lipinski definition) is 0. The Bertz CT molecular complexity index is 2520. The van der Waals surface area contributed by atoms with Crippen LogP contribution in [-0.2, 0) is 35.1 Å². The van der Waals surface area contributed by atoms with Crippen molar-refractivity contribution in [1.82, 2.24) is 0 Å². The first-order valence-electron chi connectivity index (χ1n) is 21.3. The van der Waals surface area contributed by atoms with Crippen LogP contribution in [-0.4, -0.2) is 49.7 Å². The van der Waals surface area contributed by atoms with Crippen LogP contribution in [0.3, 0.4) is 0 Å². The lowest BCUT2D eigenvalue weighted by Crippen LogP contribution is -2.23. The van der Waals surface area contributed by atoms with Crippen molar-refractivity contribution in [1.29, 1.82) is 0 Å². The lowest BCUT2D eigenvalue weighted by molar-refractivity contribution is -0.144. The molecule has 0 spiro atoms. The van der Waals surface area contributed by atoms with Crippen LogP contribution in [0.1, 0.15) is 68.1 Å². The van der Waals surface area contributed by atoms with Gasteiger partial charge in [0.1, 0.15) is 23.0 Å². The second-order valence-corrected chi connectivity index (χ2v) is 15.8. The summed E-state index contributed by atoms with van der Waals surface area (Å²) in [6.45, 7) is 18.1. The van der Waals surface area contributed by atoms with Crippen LogP contribution in [0.15, 0.2) is 140 Å². The third-order valence-electron chi connectivity index (χ3n) is 10.0. The molecule has 336 valence electrons. The molecule has 0 aliphatic carbocycles. The zero-order valence-electron chi connectivity index (χ0n) is 37.6. The van der Waals surface area contributed by atoms with Gasteiger partial charge in [0.2, 0.25) is 0 Å². The fourth-order valence-electron chi connectivity index (χ4n) is 6.17. The normalized spacial score (nSPS) is 11.0. The minimum atomic E-state index is -0.591. The molecular weight excluding hydrogens is 825 g/mol. The van der Waals surface area contributed by atoms with Gasteiger partial charge in [-0.25, -0.2) is 19.2 Å². The maximum Gasteiger partial charge on any atom is 0.343 e. The lowest BCUT2D eigenvalue weighted by Gasteiger charge is -2.18. The quantitative estimate of drug-likeness (QED) is 0.0419. The van der Waals surface area contributed by atoms with E-state index in [-0.39, 0.29) is 42.3 Å². The Morgan fingerprint density at radius 1 is 0.631 bits per heavy atom. The Morgan fingerprint density at radius 2 is 1.17 bits per heavy atom. The molecule has 0 heterocycles. The molecule has 0 aliphatic heterocycles. The van der Waals surface area contributed by atoms with Crippen molar-refractivity contribution in [2.24, 2.45) is 11.8 Å². The number of ether oxygens (including phenoxy) is 6. The van der Waals surface area contributed by atoms with Gasteiger partial charge in [-0.1, -0.05) is 88.5 Å². The fraction of sp³-hybridized carbons (Fsp3) is 0.241. The maximum atomic E-state index is 12.7. The van der Waals surface area contributed by atoms with E-state index in [0.717, 1.165) is 45.6 Å². The van der Waals surface area contributed by atoms with Gasteiger partial charge < -0.3 is 28.4 Å². The predicted octanol–water partition coefficient (Wildman–Crippen LogP) is 10.9. The summed E-state index contributed by atoms with van der Waals surface area (Å²) in [5.74, 6) is -1.38. The van der Waals surface area contributed by atoms with E-state index < -0.39 is 23.9 Å². The van der Waals surface area contributed by atoms with Crippen LogP contribution in [0, 0.1) is 18.8 Å². The first-order valence-corrected chi connectivity index (χ1v) is 21.3. The largest absolute Gasteiger partial charge is 0.493 e. The molecule has 65 heavy (non-hydrogen) atoms. The summed E-state index contributed by atoms with van der Waals surface area (Å²) < 4.78 is 33.2. The molecule has 0 fully saturated rings. The van der Waals surface area contributed by atoms with Crippen LogP contribution < -0.4 is 18.9 Å². The van der Waals surface area contributed by atoms with E-state index in [1.807, 2.05) is 36.4 Å². The molecule has 5 rings (SSSR count). The highest BCUT2D eigenvalue weighted by molar-refractivity contribution is 5.92. The average Bonchev–Trinajstić information content (AvgIpc) is 3.30. The molecule has 5 aromatic rings. The van der Waals surface area contributed by atoms with E-state index in [1.54, 1.807) is 58.9 Å². The van der Waals surface area contributed by atoms with Crippen LogP contribution in [0.25, 0.3) is 28.3 Å². The summed E-state index contributed by atoms with van der Waals surface area (Å²) >= 11 is 0. The zero-order valence-corrected chi connectivity index (χ0v) is 37.6. The van der Waals surface area contributed by atoms with Crippen molar-refractivity contribution < 1.29 is 52.4 Å². The van der Waals surface area contributed by atoms with Gasteiger partial charge in [0.25, 0.3) is 0 Å². The van der Waals surface area contributed by atoms with Gasteiger partial charge in [0.15, 0.2) is 0 Å². The maximum absolute atomic E-state index is 12.7. The molecule has 0 saturated carbocycles. The molecule has 0 radical (unpaired) electrons. The van der Waals surface area contributed by atoms with Crippen molar-refractivity contribution in [2.45, 2.75) is 54.4 Å². The van der Waals surface area contributed by atoms with E-state index in [1.165, 1.54) is 30.3 Å². The van der Waals surface area contributed by atoms with E-state index in [9.17, 15) is 24.0 Å². The van der Waals surface area contributed by atoms with E-state index >= 15 is 0 Å². The minimum Gasteiger partial charge on any atom is -0.493 e. The molecule has 0 aliphatic rings. The first-order chi connectivity index (χ1) is 31.1. The third kappa shape index (κ3) is 14.5. The molecule has 0 atom stereocenters. The molecule has 0 amide bonds. The van der Waals surface area contributed by atoms with Crippen LogP contribution >= 0.6 is 0 Å². The fourth-order valence-corrected chi connectivity index (χ4v) is 6.17. The number of carbonyl (C=O) groups is 5. The monoisotopic (exact) mass is 878 g/mol. The van der Waals surface area contributed by atoms with Gasteiger partial charge >= 0.3 is 29.8 Å². The van der Waals surface area contributed by atoms with E-state index in [2.05, 4.69) is 50.4 Å². The summed E-state index contributed by atoms with van der Waals surface area (Å²) in [5, 5.41) is 0.